The SMILES string of the molecule is CCCCNCC(O)COCCC[SiH3]. The average molecular weight is 219 g/mol. The fourth-order valence-corrected chi connectivity index (χ4v) is 1.38. The van der Waals surface area contributed by atoms with Gasteiger partial charge in [0.25, 0.3) is 0 Å². The molecule has 0 spiro atoms. The van der Waals surface area contributed by atoms with E-state index in [0.29, 0.717) is 13.2 Å². The number of unbranched alkanes of at least 4 members (excludes halogenated alkanes) is 1. The van der Waals surface area contributed by atoms with E-state index >= 15 is 0 Å². The number of nitrogens with one attached hydrogen (secondary N) is 1. The van der Waals surface area contributed by atoms with Gasteiger partial charge in [0.05, 0.1) is 12.7 Å². The van der Waals surface area contributed by atoms with Crippen molar-refractivity contribution in [3.63, 3.8) is 0 Å². The van der Waals surface area contributed by atoms with Gasteiger partial charge in [-0.1, -0.05) is 19.4 Å². The fourth-order valence-electron chi connectivity index (χ4n) is 1.10. The highest BCUT2D eigenvalue weighted by Crippen LogP contribution is 1.90. The molecule has 0 saturated carbocycles. The maximum atomic E-state index is 9.47. The van der Waals surface area contributed by atoms with Crippen LogP contribution < -0.4 is 5.32 Å². The summed E-state index contributed by atoms with van der Waals surface area (Å²) >= 11 is 0. The minimum atomic E-state index is -0.346. The van der Waals surface area contributed by atoms with Gasteiger partial charge >= 0.3 is 0 Å². The van der Waals surface area contributed by atoms with Crippen LogP contribution in [0.3, 0.4) is 0 Å². The number of hydrogen-bond donors (Lipinski definition) is 2. The predicted molar refractivity (Wildman–Crippen MR) is 64.0 cm³/mol. The van der Waals surface area contributed by atoms with Crippen LogP contribution in [0.25, 0.3) is 0 Å². The Labute approximate surface area is 90.7 Å². The Kier molecular flexibility index (Phi) is 11.3. The molecule has 4 heteroatoms. The van der Waals surface area contributed by atoms with Crippen LogP contribution in [0.15, 0.2) is 0 Å². The van der Waals surface area contributed by atoms with Crippen molar-refractivity contribution in [3.8, 4) is 0 Å². The molecule has 0 bridgehead atoms. The molecule has 0 amide bonds. The predicted octanol–water partition coefficient (Wildman–Crippen LogP) is -0.0726. The van der Waals surface area contributed by atoms with Crippen LogP contribution in [0, 0.1) is 0 Å². The van der Waals surface area contributed by atoms with Crippen LogP contribution in [-0.4, -0.2) is 47.8 Å². The molecule has 3 nitrogen and oxygen atoms in total. The third-order valence-corrected chi connectivity index (χ3v) is 2.75. The standard InChI is InChI=1S/C10H25NO2Si/c1-2-3-5-11-8-10(12)9-13-6-4-7-14/h10-12H,2-9H2,1,14H3. The first-order valence-corrected chi connectivity index (χ1v) is 7.19. The Morgan fingerprint density at radius 2 is 2.21 bits per heavy atom. The van der Waals surface area contributed by atoms with Crippen molar-refractivity contribution < 1.29 is 9.84 Å². The van der Waals surface area contributed by atoms with E-state index in [1.54, 1.807) is 0 Å². The summed E-state index contributed by atoms with van der Waals surface area (Å²) in [6.07, 6.45) is 3.16. The molecule has 0 aliphatic heterocycles. The minimum absolute atomic E-state index is 0.346. The average Bonchev–Trinajstić information content (AvgIpc) is 2.19. The molecule has 0 heterocycles. The lowest BCUT2D eigenvalue weighted by atomic mass is 10.3. The van der Waals surface area contributed by atoms with Crippen LogP contribution in [0.1, 0.15) is 26.2 Å². The number of aliphatic hydroxyl groups is 1. The Morgan fingerprint density at radius 1 is 1.43 bits per heavy atom. The maximum absolute atomic E-state index is 9.47. The summed E-state index contributed by atoms with van der Waals surface area (Å²) in [5, 5.41) is 12.7. The highest BCUT2D eigenvalue weighted by molar-refractivity contribution is 6.08. The summed E-state index contributed by atoms with van der Waals surface area (Å²) < 4.78 is 5.33. The van der Waals surface area contributed by atoms with E-state index in [-0.39, 0.29) is 6.10 Å². The van der Waals surface area contributed by atoms with Gasteiger partial charge in [-0.2, -0.15) is 0 Å². The second kappa shape index (κ2) is 11.2. The van der Waals surface area contributed by atoms with E-state index in [9.17, 15) is 5.11 Å². The molecule has 2 N–H and O–H groups in total. The molecule has 0 aromatic rings. The highest BCUT2D eigenvalue weighted by atomic mass is 28.1. The first kappa shape index (κ1) is 14.1. The summed E-state index contributed by atoms with van der Waals surface area (Å²) in [4.78, 5) is 0. The van der Waals surface area contributed by atoms with Crippen molar-refractivity contribution >= 4 is 10.2 Å². The molecule has 86 valence electrons. The zero-order chi connectivity index (χ0) is 10.6. The first-order valence-electron chi connectivity index (χ1n) is 5.77. The molecule has 1 atom stereocenters. The smallest absolute Gasteiger partial charge is 0.0897 e. The molecule has 0 rings (SSSR count). The van der Waals surface area contributed by atoms with E-state index in [1.165, 1.54) is 29.1 Å². The van der Waals surface area contributed by atoms with Gasteiger partial charge in [-0.3, -0.25) is 0 Å². The molecular formula is C10H25NO2Si. The lowest BCUT2D eigenvalue weighted by molar-refractivity contribution is 0.0374. The molecule has 0 radical (unpaired) electrons. The van der Waals surface area contributed by atoms with Crippen LogP contribution in [-0.2, 0) is 4.74 Å². The van der Waals surface area contributed by atoms with E-state index in [4.69, 9.17) is 4.74 Å². The molecule has 0 aromatic carbocycles. The van der Waals surface area contributed by atoms with E-state index in [1.807, 2.05) is 0 Å². The zero-order valence-corrected chi connectivity index (χ0v) is 11.6. The molecule has 0 aliphatic carbocycles. The number of aliphatic hydroxyl groups excluding tert-OH is 1. The molecular weight excluding hydrogens is 194 g/mol. The Hall–Kier alpha value is 0.0969. The maximum Gasteiger partial charge on any atom is 0.0897 e. The van der Waals surface area contributed by atoms with Gasteiger partial charge in [0, 0.05) is 23.4 Å². The molecule has 1 unspecified atom stereocenters. The van der Waals surface area contributed by atoms with Gasteiger partial charge in [0.1, 0.15) is 0 Å². The lowest BCUT2D eigenvalue weighted by Crippen LogP contribution is -2.31. The zero-order valence-electron chi connectivity index (χ0n) is 9.59. The largest absolute Gasteiger partial charge is 0.389 e. The van der Waals surface area contributed by atoms with Gasteiger partial charge in [-0.25, -0.2) is 0 Å². The summed E-state index contributed by atoms with van der Waals surface area (Å²) in [6, 6.07) is 1.28. The Balaban J connectivity index is 3.07. The van der Waals surface area contributed by atoms with E-state index in [0.717, 1.165) is 19.6 Å². The molecule has 0 fully saturated rings. The summed E-state index contributed by atoms with van der Waals surface area (Å²) in [6.45, 7) is 5.08. The van der Waals surface area contributed by atoms with Gasteiger partial charge in [0.15, 0.2) is 0 Å². The van der Waals surface area contributed by atoms with Crippen molar-refractivity contribution in [1.82, 2.24) is 5.32 Å². The lowest BCUT2D eigenvalue weighted by Gasteiger charge is -2.11. The summed E-state index contributed by atoms with van der Waals surface area (Å²) in [5.74, 6) is 0. The Morgan fingerprint density at radius 3 is 2.86 bits per heavy atom. The molecule has 0 aromatic heterocycles. The van der Waals surface area contributed by atoms with Crippen molar-refractivity contribution in [2.24, 2.45) is 0 Å². The fraction of sp³-hybridized carbons (Fsp3) is 1.00. The van der Waals surface area contributed by atoms with Gasteiger partial charge < -0.3 is 15.2 Å². The summed E-state index contributed by atoms with van der Waals surface area (Å²) in [5.41, 5.74) is 0. The number of rotatable bonds is 10. The molecule has 0 aliphatic rings. The monoisotopic (exact) mass is 219 g/mol. The van der Waals surface area contributed by atoms with Crippen LogP contribution in [0.5, 0.6) is 0 Å². The third-order valence-electron chi connectivity index (χ3n) is 2.04. The second-order valence-electron chi connectivity index (χ2n) is 3.64. The molecule has 14 heavy (non-hydrogen) atoms. The van der Waals surface area contributed by atoms with E-state index in [2.05, 4.69) is 12.2 Å². The quantitative estimate of drug-likeness (QED) is 0.399. The number of ether oxygens (including phenoxy) is 1. The van der Waals surface area contributed by atoms with Gasteiger partial charge in [0.2, 0.25) is 0 Å². The highest BCUT2D eigenvalue weighted by Gasteiger charge is 2.02. The van der Waals surface area contributed by atoms with Crippen molar-refractivity contribution in [1.29, 1.82) is 0 Å². The van der Waals surface area contributed by atoms with Gasteiger partial charge in [-0.05, 0) is 19.4 Å². The first-order chi connectivity index (χ1) is 6.81. The minimum Gasteiger partial charge on any atom is -0.389 e. The molecule has 0 saturated heterocycles. The van der Waals surface area contributed by atoms with Crippen molar-refractivity contribution in [3.05, 3.63) is 0 Å². The second-order valence-corrected chi connectivity index (χ2v) is 4.64. The van der Waals surface area contributed by atoms with Gasteiger partial charge in [-0.15, -0.1) is 0 Å². The topological polar surface area (TPSA) is 41.5 Å². The third kappa shape index (κ3) is 10.2. The normalized spacial score (nSPS) is 13.3. The van der Waals surface area contributed by atoms with E-state index < -0.39 is 0 Å². The van der Waals surface area contributed by atoms with Crippen LogP contribution >= 0.6 is 0 Å². The Bertz CT molecular complexity index is 102. The van der Waals surface area contributed by atoms with Crippen molar-refractivity contribution in [2.75, 3.05) is 26.3 Å². The van der Waals surface area contributed by atoms with Crippen LogP contribution in [0.4, 0.5) is 0 Å². The number of hydrogen-bond acceptors (Lipinski definition) is 3. The van der Waals surface area contributed by atoms with Crippen LogP contribution in [0.2, 0.25) is 6.04 Å². The summed E-state index contributed by atoms with van der Waals surface area (Å²) in [7, 11) is 1.25. The van der Waals surface area contributed by atoms with Crippen molar-refractivity contribution in [2.45, 2.75) is 38.3 Å².